The molecule has 1 aliphatic rings. The largest absolute Gasteiger partial charge is 0.310 e. The summed E-state index contributed by atoms with van der Waals surface area (Å²) >= 11 is 6.33. The second kappa shape index (κ2) is 7.28. The number of benzene rings is 1. The Morgan fingerprint density at radius 2 is 2.05 bits per heavy atom. The Balaban J connectivity index is 1.97. The van der Waals surface area contributed by atoms with Crippen LogP contribution >= 0.6 is 11.6 Å². The van der Waals surface area contributed by atoms with Crippen LogP contribution in [0.4, 0.5) is 0 Å². The summed E-state index contributed by atoms with van der Waals surface area (Å²) in [7, 11) is 0. The summed E-state index contributed by atoms with van der Waals surface area (Å²) in [6.45, 7) is 7.71. The summed E-state index contributed by atoms with van der Waals surface area (Å²) in [5, 5.41) is 4.45. The summed E-state index contributed by atoms with van der Waals surface area (Å²) in [6.07, 6.45) is 3.89. The Labute approximate surface area is 122 Å². The fourth-order valence-corrected chi connectivity index (χ4v) is 2.97. The van der Waals surface area contributed by atoms with Crippen LogP contribution in [0.3, 0.4) is 0 Å². The smallest absolute Gasteiger partial charge is 0.0453 e. The van der Waals surface area contributed by atoms with E-state index < -0.39 is 0 Å². The van der Waals surface area contributed by atoms with Crippen LogP contribution in [-0.4, -0.2) is 30.6 Å². The van der Waals surface area contributed by atoms with Crippen LogP contribution < -0.4 is 5.32 Å². The van der Waals surface area contributed by atoms with Crippen LogP contribution in [-0.2, 0) is 0 Å². The number of hydrogen-bond acceptors (Lipinski definition) is 2. The second-order valence-corrected chi connectivity index (χ2v) is 5.69. The SMILES string of the molecule is CCNC(CCN(CC)C1CC1)c1ccccc1Cl. The quantitative estimate of drug-likeness (QED) is 0.778. The lowest BCUT2D eigenvalue weighted by Crippen LogP contribution is -2.31. The van der Waals surface area contributed by atoms with Gasteiger partial charge in [0.15, 0.2) is 0 Å². The average Bonchev–Trinajstić information content (AvgIpc) is 3.24. The van der Waals surface area contributed by atoms with E-state index in [1.807, 2.05) is 12.1 Å². The molecule has 1 saturated carbocycles. The minimum atomic E-state index is 0.367. The molecule has 0 heterocycles. The first-order valence-corrected chi connectivity index (χ1v) is 7.85. The van der Waals surface area contributed by atoms with Crippen LogP contribution in [0.1, 0.15) is 44.7 Å². The maximum absolute atomic E-state index is 6.33. The Bertz CT molecular complexity index is 390. The van der Waals surface area contributed by atoms with Crippen molar-refractivity contribution in [1.82, 2.24) is 10.2 Å². The van der Waals surface area contributed by atoms with Crippen LogP contribution in [0.5, 0.6) is 0 Å². The second-order valence-electron chi connectivity index (χ2n) is 5.28. The molecule has 0 saturated heterocycles. The number of nitrogens with one attached hydrogen (secondary N) is 1. The van der Waals surface area contributed by atoms with Crippen LogP contribution in [0.2, 0.25) is 5.02 Å². The van der Waals surface area contributed by atoms with Crippen molar-refractivity contribution in [2.75, 3.05) is 19.6 Å². The van der Waals surface area contributed by atoms with Crippen molar-refractivity contribution in [2.24, 2.45) is 0 Å². The van der Waals surface area contributed by atoms with E-state index in [1.54, 1.807) is 0 Å². The van der Waals surface area contributed by atoms with Gasteiger partial charge in [0, 0.05) is 23.7 Å². The molecule has 19 heavy (non-hydrogen) atoms. The van der Waals surface area contributed by atoms with Gasteiger partial charge < -0.3 is 10.2 Å². The number of hydrogen-bond donors (Lipinski definition) is 1. The minimum absolute atomic E-state index is 0.367. The Morgan fingerprint density at radius 1 is 1.32 bits per heavy atom. The van der Waals surface area contributed by atoms with Crippen LogP contribution in [0.25, 0.3) is 0 Å². The molecule has 0 bridgehead atoms. The molecule has 1 N–H and O–H groups in total. The van der Waals surface area contributed by atoms with E-state index in [-0.39, 0.29) is 0 Å². The fraction of sp³-hybridized carbons (Fsp3) is 0.625. The first-order chi connectivity index (χ1) is 9.26. The van der Waals surface area contributed by atoms with Crippen LogP contribution in [0, 0.1) is 0 Å². The monoisotopic (exact) mass is 280 g/mol. The molecule has 1 fully saturated rings. The van der Waals surface area contributed by atoms with E-state index in [9.17, 15) is 0 Å². The molecular weight excluding hydrogens is 256 g/mol. The van der Waals surface area contributed by atoms with E-state index in [0.29, 0.717) is 6.04 Å². The van der Waals surface area contributed by atoms with Crippen molar-refractivity contribution >= 4 is 11.6 Å². The van der Waals surface area contributed by atoms with Crippen molar-refractivity contribution < 1.29 is 0 Å². The molecule has 2 rings (SSSR count). The van der Waals surface area contributed by atoms with E-state index in [1.165, 1.54) is 18.4 Å². The van der Waals surface area contributed by atoms with E-state index >= 15 is 0 Å². The number of nitrogens with zero attached hydrogens (tertiary/aromatic N) is 1. The van der Waals surface area contributed by atoms with Gasteiger partial charge in [-0.3, -0.25) is 0 Å². The molecule has 1 atom stereocenters. The van der Waals surface area contributed by atoms with Crippen LogP contribution in [0.15, 0.2) is 24.3 Å². The summed E-state index contributed by atoms with van der Waals surface area (Å²) in [5.74, 6) is 0. The van der Waals surface area contributed by atoms with Crippen molar-refractivity contribution in [3.63, 3.8) is 0 Å². The van der Waals surface area contributed by atoms with Gasteiger partial charge in [-0.1, -0.05) is 43.6 Å². The first-order valence-electron chi connectivity index (χ1n) is 7.48. The van der Waals surface area contributed by atoms with Gasteiger partial charge in [0.1, 0.15) is 0 Å². The third-order valence-corrected chi connectivity index (χ3v) is 4.25. The Kier molecular flexibility index (Phi) is 5.68. The molecule has 2 nitrogen and oxygen atoms in total. The highest BCUT2D eigenvalue weighted by molar-refractivity contribution is 6.31. The zero-order chi connectivity index (χ0) is 13.7. The highest BCUT2D eigenvalue weighted by Gasteiger charge is 2.28. The van der Waals surface area contributed by atoms with Crippen molar-refractivity contribution in [1.29, 1.82) is 0 Å². The molecular formula is C16H25ClN2. The van der Waals surface area contributed by atoms with Gasteiger partial charge >= 0.3 is 0 Å². The Hall–Kier alpha value is -0.570. The van der Waals surface area contributed by atoms with Gasteiger partial charge in [-0.05, 0) is 44.0 Å². The molecule has 3 heteroatoms. The van der Waals surface area contributed by atoms with E-state index in [0.717, 1.165) is 37.1 Å². The molecule has 1 unspecified atom stereocenters. The molecule has 0 aromatic heterocycles. The fourth-order valence-electron chi connectivity index (χ4n) is 2.71. The minimum Gasteiger partial charge on any atom is -0.310 e. The molecule has 106 valence electrons. The molecule has 0 aliphatic heterocycles. The van der Waals surface area contributed by atoms with Gasteiger partial charge in [0.25, 0.3) is 0 Å². The zero-order valence-corrected chi connectivity index (χ0v) is 12.8. The highest BCUT2D eigenvalue weighted by Crippen LogP contribution is 2.29. The summed E-state index contributed by atoms with van der Waals surface area (Å²) in [5.41, 5.74) is 1.23. The van der Waals surface area contributed by atoms with Gasteiger partial charge in [-0.2, -0.15) is 0 Å². The maximum Gasteiger partial charge on any atom is 0.0453 e. The third-order valence-electron chi connectivity index (χ3n) is 3.91. The van der Waals surface area contributed by atoms with Gasteiger partial charge in [-0.15, -0.1) is 0 Å². The lowest BCUT2D eigenvalue weighted by molar-refractivity contribution is 0.260. The molecule has 0 radical (unpaired) electrons. The van der Waals surface area contributed by atoms with Crippen molar-refractivity contribution in [3.8, 4) is 0 Å². The topological polar surface area (TPSA) is 15.3 Å². The van der Waals surface area contributed by atoms with Crippen molar-refractivity contribution in [3.05, 3.63) is 34.9 Å². The maximum atomic E-state index is 6.33. The summed E-state index contributed by atoms with van der Waals surface area (Å²) < 4.78 is 0. The standard InChI is InChI=1S/C16H25ClN2/c1-3-18-16(14-7-5-6-8-15(14)17)11-12-19(4-2)13-9-10-13/h5-8,13,16,18H,3-4,9-12H2,1-2H3. The average molecular weight is 281 g/mol. The molecule has 1 aromatic rings. The predicted octanol–water partition coefficient (Wildman–Crippen LogP) is 3.87. The normalized spacial score (nSPS) is 16.8. The van der Waals surface area contributed by atoms with Gasteiger partial charge in [-0.25, -0.2) is 0 Å². The zero-order valence-electron chi connectivity index (χ0n) is 12.0. The Morgan fingerprint density at radius 3 is 2.63 bits per heavy atom. The highest BCUT2D eigenvalue weighted by atomic mass is 35.5. The molecule has 0 amide bonds. The van der Waals surface area contributed by atoms with Gasteiger partial charge in [0.05, 0.1) is 0 Å². The lowest BCUT2D eigenvalue weighted by Gasteiger charge is -2.25. The van der Waals surface area contributed by atoms with E-state index in [4.69, 9.17) is 11.6 Å². The van der Waals surface area contributed by atoms with E-state index in [2.05, 4.69) is 36.2 Å². The van der Waals surface area contributed by atoms with Crippen molar-refractivity contribution in [2.45, 2.75) is 45.2 Å². The third kappa shape index (κ3) is 4.20. The first kappa shape index (κ1) is 14.8. The predicted molar refractivity (Wildman–Crippen MR) is 82.8 cm³/mol. The summed E-state index contributed by atoms with van der Waals surface area (Å²) in [4.78, 5) is 2.60. The summed E-state index contributed by atoms with van der Waals surface area (Å²) in [6, 6.07) is 9.41. The molecule has 1 aliphatic carbocycles. The number of rotatable bonds is 8. The molecule has 1 aromatic carbocycles. The number of halogens is 1. The molecule has 0 spiro atoms. The van der Waals surface area contributed by atoms with Gasteiger partial charge in [0.2, 0.25) is 0 Å². The lowest BCUT2D eigenvalue weighted by atomic mass is 10.0.